The molecule has 0 aromatic heterocycles. The molecule has 7 heteroatoms. The molecule has 1 aliphatic heterocycles. The first-order chi connectivity index (χ1) is 11.0. The summed E-state index contributed by atoms with van der Waals surface area (Å²) in [4.78, 5) is 38.0. The minimum absolute atomic E-state index is 0. The summed E-state index contributed by atoms with van der Waals surface area (Å²) < 4.78 is 0. The molecule has 1 aromatic carbocycles. The van der Waals surface area contributed by atoms with Crippen molar-refractivity contribution in [3.63, 3.8) is 0 Å². The Morgan fingerprint density at radius 2 is 1.88 bits per heavy atom. The van der Waals surface area contributed by atoms with E-state index in [1.165, 1.54) is 11.0 Å². The van der Waals surface area contributed by atoms with Gasteiger partial charge in [-0.15, -0.1) is 12.4 Å². The number of likely N-dealkylation sites (N-methyl/N-ethyl adjacent to an activating group) is 1. The molecule has 0 fully saturated rings. The number of nitrogens with one attached hydrogen (secondary N) is 2. The number of benzene rings is 1. The molecule has 0 radical (unpaired) electrons. The van der Waals surface area contributed by atoms with Crippen LogP contribution in [0.5, 0.6) is 0 Å². The highest BCUT2D eigenvalue weighted by molar-refractivity contribution is 6.22. The standard InChI is InChI=1S/C17H23N3O3.ClH/c1-4-5-8-20-16(22)13-7-6-12(9-14(13)17(20)23)15(21)19-10-11(2)18-3;/h6-7,9,11,18H,4-5,8,10H2,1-3H3,(H,19,21);1H. The summed E-state index contributed by atoms with van der Waals surface area (Å²) in [5.41, 5.74) is 1.09. The quantitative estimate of drug-likeness (QED) is 0.733. The second-order valence-corrected chi connectivity index (χ2v) is 5.78. The van der Waals surface area contributed by atoms with E-state index in [0.717, 1.165) is 12.8 Å². The maximum atomic E-state index is 12.4. The molecule has 0 aliphatic carbocycles. The van der Waals surface area contributed by atoms with E-state index >= 15 is 0 Å². The largest absolute Gasteiger partial charge is 0.350 e. The number of carbonyl (C=O) groups excluding carboxylic acids is 3. The number of unbranched alkanes of at least 4 members (excludes halogenated alkanes) is 1. The van der Waals surface area contributed by atoms with Crippen LogP contribution in [0.3, 0.4) is 0 Å². The van der Waals surface area contributed by atoms with Gasteiger partial charge >= 0.3 is 0 Å². The lowest BCUT2D eigenvalue weighted by Gasteiger charge is -2.12. The summed E-state index contributed by atoms with van der Waals surface area (Å²) >= 11 is 0. The number of amides is 3. The Labute approximate surface area is 148 Å². The maximum absolute atomic E-state index is 12.4. The molecule has 2 N–H and O–H groups in total. The molecule has 1 aliphatic rings. The fourth-order valence-electron chi connectivity index (χ4n) is 2.40. The van der Waals surface area contributed by atoms with Gasteiger partial charge in [0.2, 0.25) is 0 Å². The van der Waals surface area contributed by atoms with E-state index in [2.05, 4.69) is 10.6 Å². The second-order valence-electron chi connectivity index (χ2n) is 5.78. The topological polar surface area (TPSA) is 78.5 Å². The van der Waals surface area contributed by atoms with E-state index in [-0.39, 0.29) is 36.2 Å². The highest BCUT2D eigenvalue weighted by atomic mass is 35.5. The van der Waals surface area contributed by atoms with Crippen LogP contribution in [0, 0.1) is 0 Å². The van der Waals surface area contributed by atoms with Crippen LogP contribution in [0.1, 0.15) is 57.8 Å². The summed E-state index contributed by atoms with van der Waals surface area (Å²) in [5.74, 6) is -0.826. The third-order valence-corrected chi connectivity index (χ3v) is 4.03. The first-order valence-electron chi connectivity index (χ1n) is 7.95. The zero-order valence-electron chi connectivity index (χ0n) is 14.2. The summed E-state index contributed by atoms with van der Waals surface area (Å²) in [6.45, 7) is 4.87. The van der Waals surface area contributed by atoms with Gasteiger partial charge in [-0.25, -0.2) is 0 Å². The first-order valence-corrected chi connectivity index (χ1v) is 7.95. The van der Waals surface area contributed by atoms with Crippen molar-refractivity contribution in [1.82, 2.24) is 15.5 Å². The van der Waals surface area contributed by atoms with Gasteiger partial charge in [-0.3, -0.25) is 19.3 Å². The first kappa shape index (κ1) is 20.1. The summed E-state index contributed by atoms with van der Waals surface area (Å²) in [6.07, 6.45) is 1.69. The molecular weight excluding hydrogens is 330 g/mol. The number of nitrogens with zero attached hydrogens (tertiary/aromatic N) is 1. The molecular formula is C17H24ClN3O3. The van der Waals surface area contributed by atoms with Crippen LogP contribution in [-0.2, 0) is 0 Å². The van der Waals surface area contributed by atoms with Crippen molar-refractivity contribution in [2.45, 2.75) is 32.7 Å². The van der Waals surface area contributed by atoms with Gasteiger partial charge in [-0.2, -0.15) is 0 Å². The molecule has 1 unspecified atom stereocenters. The van der Waals surface area contributed by atoms with Crippen LogP contribution >= 0.6 is 12.4 Å². The van der Waals surface area contributed by atoms with Gasteiger partial charge in [-0.1, -0.05) is 13.3 Å². The highest BCUT2D eigenvalue weighted by Crippen LogP contribution is 2.24. The predicted octanol–water partition coefficient (Wildman–Crippen LogP) is 1.84. The van der Waals surface area contributed by atoms with Gasteiger partial charge in [-0.05, 0) is 38.6 Å². The molecule has 6 nitrogen and oxygen atoms in total. The minimum Gasteiger partial charge on any atom is -0.350 e. The van der Waals surface area contributed by atoms with Crippen molar-refractivity contribution in [3.8, 4) is 0 Å². The molecule has 0 bridgehead atoms. The van der Waals surface area contributed by atoms with Gasteiger partial charge in [0.05, 0.1) is 11.1 Å². The monoisotopic (exact) mass is 353 g/mol. The molecule has 0 spiro atoms. The van der Waals surface area contributed by atoms with Crippen LogP contribution in [0.2, 0.25) is 0 Å². The average Bonchev–Trinajstić information content (AvgIpc) is 2.81. The molecule has 1 heterocycles. The maximum Gasteiger partial charge on any atom is 0.261 e. The fraction of sp³-hybridized carbons (Fsp3) is 0.471. The van der Waals surface area contributed by atoms with Crippen molar-refractivity contribution in [2.75, 3.05) is 20.1 Å². The number of carbonyl (C=O) groups is 3. The Bertz CT molecular complexity index is 634. The van der Waals surface area contributed by atoms with E-state index in [9.17, 15) is 14.4 Å². The zero-order chi connectivity index (χ0) is 17.0. The molecule has 1 aromatic rings. The van der Waals surface area contributed by atoms with Gasteiger partial charge in [0.15, 0.2) is 0 Å². The normalized spacial score (nSPS) is 14.2. The molecule has 0 saturated carbocycles. The average molecular weight is 354 g/mol. The van der Waals surface area contributed by atoms with E-state index in [0.29, 0.717) is 29.8 Å². The van der Waals surface area contributed by atoms with Crippen LogP contribution in [0.4, 0.5) is 0 Å². The number of rotatable bonds is 7. The van der Waals surface area contributed by atoms with Crippen molar-refractivity contribution in [2.24, 2.45) is 0 Å². The Morgan fingerprint density at radius 1 is 1.21 bits per heavy atom. The summed E-state index contributed by atoms with van der Waals surface area (Å²) in [7, 11) is 1.82. The third-order valence-electron chi connectivity index (χ3n) is 4.03. The smallest absolute Gasteiger partial charge is 0.261 e. The third kappa shape index (κ3) is 4.13. The van der Waals surface area contributed by atoms with Gasteiger partial charge < -0.3 is 10.6 Å². The fourth-order valence-corrected chi connectivity index (χ4v) is 2.40. The number of imide groups is 1. The van der Waals surface area contributed by atoms with E-state index in [1.807, 2.05) is 20.9 Å². The van der Waals surface area contributed by atoms with Crippen LogP contribution in [0.15, 0.2) is 18.2 Å². The Balaban J connectivity index is 0.00000288. The lowest BCUT2D eigenvalue weighted by atomic mass is 10.1. The van der Waals surface area contributed by atoms with E-state index in [1.54, 1.807) is 12.1 Å². The van der Waals surface area contributed by atoms with Crippen LogP contribution in [-0.4, -0.2) is 48.8 Å². The van der Waals surface area contributed by atoms with Gasteiger partial charge in [0, 0.05) is 24.7 Å². The second kappa shape index (κ2) is 8.80. The Hall–Kier alpha value is -1.92. The van der Waals surface area contributed by atoms with Crippen molar-refractivity contribution in [1.29, 1.82) is 0 Å². The van der Waals surface area contributed by atoms with Crippen LogP contribution < -0.4 is 10.6 Å². The minimum atomic E-state index is -0.309. The molecule has 132 valence electrons. The Morgan fingerprint density at radius 3 is 2.50 bits per heavy atom. The number of hydrogen-bond acceptors (Lipinski definition) is 4. The number of hydrogen-bond donors (Lipinski definition) is 2. The van der Waals surface area contributed by atoms with E-state index < -0.39 is 0 Å². The molecule has 3 amide bonds. The zero-order valence-corrected chi connectivity index (χ0v) is 15.0. The summed E-state index contributed by atoms with van der Waals surface area (Å²) in [5, 5.41) is 5.83. The SMILES string of the molecule is CCCCN1C(=O)c2ccc(C(=O)NCC(C)NC)cc2C1=O.Cl. The van der Waals surface area contributed by atoms with E-state index in [4.69, 9.17) is 0 Å². The van der Waals surface area contributed by atoms with Crippen molar-refractivity contribution >= 4 is 30.1 Å². The molecule has 0 saturated heterocycles. The molecule has 24 heavy (non-hydrogen) atoms. The predicted molar refractivity (Wildman–Crippen MR) is 94.8 cm³/mol. The van der Waals surface area contributed by atoms with Gasteiger partial charge in [0.25, 0.3) is 17.7 Å². The van der Waals surface area contributed by atoms with Crippen molar-refractivity contribution < 1.29 is 14.4 Å². The number of fused-ring (bicyclic) bond motifs is 1. The molecule has 2 rings (SSSR count). The highest BCUT2D eigenvalue weighted by Gasteiger charge is 2.35. The van der Waals surface area contributed by atoms with Gasteiger partial charge in [0.1, 0.15) is 0 Å². The summed E-state index contributed by atoms with van der Waals surface area (Å²) in [6, 6.07) is 4.83. The molecule has 1 atom stereocenters. The lowest BCUT2D eigenvalue weighted by Crippen LogP contribution is -2.37. The lowest BCUT2D eigenvalue weighted by molar-refractivity contribution is 0.0652. The van der Waals surface area contributed by atoms with Crippen LogP contribution in [0.25, 0.3) is 0 Å². The number of halogens is 1. The Kier molecular flexibility index (Phi) is 7.38. The van der Waals surface area contributed by atoms with Crippen molar-refractivity contribution in [3.05, 3.63) is 34.9 Å².